The summed E-state index contributed by atoms with van der Waals surface area (Å²) in [6, 6.07) is 3.80. The molecule has 0 aliphatic carbocycles. The lowest BCUT2D eigenvalue weighted by Crippen LogP contribution is -2.48. The number of aromatic nitrogens is 4. The summed E-state index contributed by atoms with van der Waals surface area (Å²) in [7, 11) is 3.13. The first-order valence-electron chi connectivity index (χ1n) is 11.8. The van der Waals surface area contributed by atoms with Gasteiger partial charge in [-0.05, 0) is 45.4 Å². The van der Waals surface area contributed by atoms with Gasteiger partial charge in [0.15, 0.2) is 5.75 Å². The van der Waals surface area contributed by atoms with Crippen LogP contribution in [0.3, 0.4) is 0 Å². The van der Waals surface area contributed by atoms with E-state index in [9.17, 15) is 4.79 Å². The molecule has 3 aromatic heterocycles. The second-order valence-electron chi connectivity index (χ2n) is 10.1. The second kappa shape index (κ2) is 8.34. The number of anilines is 1. The lowest BCUT2D eigenvalue weighted by atomic mass is 9.85. The number of hydrogen-bond donors (Lipinski definition) is 0. The third kappa shape index (κ3) is 3.65. The molecule has 35 heavy (non-hydrogen) atoms. The number of methoxy groups -OCH3 is 2. The highest BCUT2D eigenvalue weighted by molar-refractivity contribution is 6.12. The van der Waals surface area contributed by atoms with Crippen molar-refractivity contribution in [3.05, 3.63) is 47.5 Å². The van der Waals surface area contributed by atoms with Crippen molar-refractivity contribution >= 4 is 11.6 Å². The summed E-state index contributed by atoms with van der Waals surface area (Å²) in [5, 5.41) is 4.57. The first-order valence-corrected chi connectivity index (χ1v) is 11.8. The number of hydrogen-bond acceptors (Lipinski definition) is 7. The Balaban J connectivity index is 1.67. The Bertz CT molecular complexity index is 1290. The van der Waals surface area contributed by atoms with Gasteiger partial charge in [0.25, 0.3) is 11.8 Å². The van der Waals surface area contributed by atoms with Crippen molar-refractivity contribution < 1.29 is 19.0 Å². The third-order valence-electron chi connectivity index (χ3n) is 6.86. The van der Waals surface area contributed by atoms with Crippen LogP contribution in [0, 0.1) is 6.92 Å². The number of carbonyl (C=O) groups is 1. The molecule has 9 nitrogen and oxygen atoms in total. The van der Waals surface area contributed by atoms with Crippen molar-refractivity contribution in [3.8, 4) is 22.9 Å². The molecule has 2 aliphatic heterocycles. The van der Waals surface area contributed by atoms with Gasteiger partial charge in [0.05, 0.1) is 54.1 Å². The van der Waals surface area contributed by atoms with Gasteiger partial charge in [0, 0.05) is 44.0 Å². The number of amides is 1. The molecule has 2 aliphatic rings. The molecule has 0 bridgehead atoms. The maximum atomic E-state index is 13.9. The molecular formula is C26H31N5O4. The smallest absolute Gasteiger partial charge is 0.261 e. The highest BCUT2D eigenvalue weighted by atomic mass is 16.5. The van der Waals surface area contributed by atoms with Crippen LogP contribution in [0.5, 0.6) is 11.6 Å². The van der Waals surface area contributed by atoms with E-state index in [1.807, 2.05) is 34.8 Å². The molecule has 1 saturated heterocycles. The number of rotatable bonds is 4. The molecule has 184 valence electrons. The Morgan fingerprint density at radius 3 is 2.46 bits per heavy atom. The summed E-state index contributed by atoms with van der Waals surface area (Å²) >= 11 is 0. The number of nitrogens with zero attached hydrogens (tertiary/aromatic N) is 5. The fraction of sp³-hybridized carbons (Fsp3) is 0.462. The summed E-state index contributed by atoms with van der Waals surface area (Å²) in [4.78, 5) is 25.3. The lowest BCUT2D eigenvalue weighted by Gasteiger charge is -2.40. The maximum Gasteiger partial charge on any atom is 0.261 e. The number of carbonyl (C=O) groups excluding carboxylic acids is 1. The Morgan fingerprint density at radius 1 is 1.09 bits per heavy atom. The summed E-state index contributed by atoms with van der Waals surface area (Å²) < 4.78 is 18.4. The van der Waals surface area contributed by atoms with Crippen LogP contribution in [-0.4, -0.2) is 53.1 Å². The van der Waals surface area contributed by atoms with Crippen LogP contribution in [0.1, 0.15) is 55.2 Å². The quantitative estimate of drug-likeness (QED) is 0.559. The molecule has 0 atom stereocenters. The fourth-order valence-electron chi connectivity index (χ4n) is 5.04. The monoisotopic (exact) mass is 477 g/mol. The van der Waals surface area contributed by atoms with Gasteiger partial charge >= 0.3 is 0 Å². The van der Waals surface area contributed by atoms with Crippen molar-refractivity contribution in [2.75, 3.05) is 32.3 Å². The van der Waals surface area contributed by atoms with Crippen molar-refractivity contribution in [3.63, 3.8) is 0 Å². The minimum Gasteiger partial charge on any atom is -0.491 e. The molecule has 0 unspecified atom stereocenters. The predicted octanol–water partition coefficient (Wildman–Crippen LogP) is 4.09. The maximum absolute atomic E-state index is 13.9. The van der Waals surface area contributed by atoms with Crippen LogP contribution in [0.15, 0.2) is 30.7 Å². The van der Waals surface area contributed by atoms with E-state index < -0.39 is 5.54 Å². The predicted molar refractivity (Wildman–Crippen MR) is 131 cm³/mol. The summed E-state index contributed by atoms with van der Waals surface area (Å²) in [5.74, 6) is 0.891. The van der Waals surface area contributed by atoms with Gasteiger partial charge < -0.3 is 14.2 Å². The summed E-state index contributed by atoms with van der Waals surface area (Å²) in [5.41, 5.74) is 3.84. The standard InChI is InChI=1S/C26H31N5O4/c1-16-11-19(17-12-20(33-5)23(34-6)27-13-17)29-22-21(16)24(32)31(26(22)7-9-35-10-8-26)18-14-28-30(15-18)25(2,3)4/h11-15H,7-10H2,1-6H3. The van der Waals surface area contributed by atoms with Gasteiger partial charge in [0.1, 0.15) is 0 Å². The molecule has 1 spiro atoms. The molecule has 9 heteroatoms. The fourth-order valence-corrected chi connectivity index (χ4v) is 5.04. The van der Waals surface area contributed by atoms with E-state index in [-0.39, 0.29) is 11.4 Å². The molecule has 3 aromatic rings. The van der Waals surface area contributed by atoms with Crippen LogP contribution in [0.4, 0.5) is 5.69 Å². The van der Waals surface area contributed by atoms with Gasteiger partial charge in [-0.2, -0.15) is 5.10 Å². The first-order chi connectivity index (χ1) is 16.7. The van der Waals surface area contributed by atoms with Crippen LogP contribution in [-0.2, 0) is 15.8 Å². The van der Waals surface area contributed by atoms with Gasteiger partial charge in [-0.15, -0.1) is 0 Å². The van der Waals surface area contributed by atoms with Gasteiger partial charge in [-0.3, -0.25) is 14.4 Å². The van der Waals surface area contributed by atoms with Crippen molar-refractivity contribution in [2.45, 2.75) is 51.6 Å². The molecule has 5 rings (SSSR count). The Kier molecular flexibility index (Phi) is 5.55. The molecule has 5 heterocycles. The normalized spacial score (nSPS) is 17.1. The Hall–Kier alpha value is -3.46. The summed E-state index contributed by atoms with van der Waals surface area (Å²) in [6.07, 6.45) is 6.77. The average molecular weight is 478 g/mol. The van der Waals surface area contributed by atoms with Crippen molar-refractivity contribution in [1.82, 2.24) is 19.7 Å². The molecule has 1 fully saturated rings. The van der Waals surface area contributed by atoms with Crippen LogP contribution in [0.25, 0.3) is 11.3 Å². The van der Waals surface area contributed by atoms with E-state index in [0.29, 0.717) is 43.2 Å². The van der Waals surface area contributed by atoms with E-state index in [1.54, 1.807) is 26.6 Å². The van der Waals surface area contributed by atoms with E-state index in [2.05, 4.69) is 30.9 Å². The van der Waals surface area contributed by atoms with Crippen molar-refractivity contribution in [2.24, 2.45) is 0 Å². The zero-order valence-corrected chi connectivity index (χ0v) is 21.1. The van der Waals surface area contributed by atoms with E-state index >= 15 is 0 Å². The molecule has 0 aromatic carbocycles. The topological polar surface area (TPSA) is 91.6 Å². The SMILES string of the molecule is COc1cc(-c2cc(C)c3c(n2)C2(CCOCC2)N(c2cnn(C(C)(C)C)c2)C3=O)cnc1OC. The van der Waals surface area contributed by atoms with Gasteiger partial charge in [-0.1, -0.05) is 0 Å². The highest BCUT2D eigenvalue weighted by Gasteiger charge is 2.53. The largest absolute Gasteiger partial charge is 0.491 e. The Morgan fingerprint density at radius 2 is 1.83 bits per heavy atom. The number of aryl methyl sites for hydroxylation is 1. The van der Waals surface area contributed by atoms with Crippen LogP contribution >= 0.6 is 0 Å². The second-order valence-corrected chi connectivity index (χ2v) is 10.1. The molecule has 0 N–H and O–H groups in total. The number of fused-ring (bicyclic) bond motifs is 2. The van der Waals surface area contributed by atoms with Gasteiger partial charge in [0.2, 0.25) is 0 Å². The van der Waals surface area contributed by atoms with Gasteiger partial charge in [-0.25, -0.2) is 9.97 Å². The van der Waals surface area contributed by atoms with E-state index in [1.165, 1.54) is 0 Å². The minimum absolute atomic E-state index is 0.0441. The first kappa shape index (κ1) is 23.3. The van der Waals surface area contributed by atoms with Crippen LogP contribution < -0.4 is 14.4 Å². The van der Waals surface area contributed by atoms with Crippen LogP contribution in [0.2, 0.25) is 0 Å². The molecule has 0 radical (unpaired) electrons. The lowest BCUT2D eigenvalue weighted by molar-refractivity contribution is 0.0487. The zero-order valence-electron chi connectivity index (χ0n) is 21.1. The zero-order chi connectivity index (χ0) is 25.0. The molecule has 1 amide bonds. The van der Waals surface area contributed by atoms with E-state index in [4.69, 9.17) is 19.2 Å². The highest BCUT2D eigenvalue weighted by Crippen LogP contribution is 2.49. The minimum atomic E-state index is -0.596. The molecular weight excluding hydrogens is 446 g/mol. The third-order valence-corrected chi connectivity index (χ3v) is 6.86. The summed E-state index contributed by atoms with van der Waals surface area (Å²) in [6.45, 7) is 9.33. The molecule has 0 saturated carbocycles. The van der Waals surface area contributed by atoms with Crippen molar-refractivity contribution in [1.29, 1.82) is 0 Å². The number of ether oxygens (including phenoxy) is 3. The van der Waals surface area contributed by atoms with E-state index in [0.717, 1.165) is 28.2 Å². The average Bonchev–Trinajstić information content (AvgIpc) is 3.41. The number of pyridine rings is 2. The Labute approximate surface area is 205 Å².